The zero-order chi connectivity index (χ0) is 14.0. The molecule has 1 aromatic carbocycles. The van der Waals surface area contributed by atoms with Crippen molar-refractivity contribution in [3.63, 3.8) is 0 Å². The quantitative estimate of drug-likeness (QED) is 0.846. The van der Waals surface area contributed by atoms with E-state index in [4.69, 9.17) is 5.11 Å². The van der Waals surface area contributed by atoms with Crippen molar-refractivity contribution in [3.8, 4) is 0 Å². The van der Waals surface area contributed by atoms with E-state index in [2.05, 4.69) is 0 Å². The largest absolute Gasteiger partial charge is 0.480 e. The molecule has 1 heterocycles. The second kappa shape index (κ2) is 5.44. The number of hydrogen-bond acceptors (Lipinski definition) is 4. The predicted octanol–water partition coefficient (Wildman–Crippen LogP) is 1.52. The molecule has 0 unspecified atom stereocenters. The van der Waals surface area contributed by atoms with Gasteiger partial charge in [-0.05, 0) is 19.1 Å². The van der Waals surface area contributed by atoms with Gasteiger partial charge < -0.3 is 5.11 Å². The molecule has 1 fully saturated rings. The molecule has 0 saturated carbocycles. The first-order valence-electron chi connectivity index (χ1n) is 5.81. The number of carbonyl (C=O) groups is 3. The fraction of sp³-hybridized carbons (Fsp3) is 0.308. The topological polar surface area (TPSA) is 74.7 Å². The van der Waals surface area contributed by atoms with E-state index in [9.17, 15) is 14.4 Å². The number of carboxylic acid groups (broad SMARTS) is 1. The number of nitrogens with zero attached hydrogens (tertiary/aromatic N) is 1. The van der Waals surface area contributed by atoms with Crippen molar-refractivity contribution in [2.45, 2.75) is 23.8 Å². The Hall–Kier alpha value is -1.82. The van der Waals surface area contributed by atoms with E-state index in [1.807, 2.05) is 0 Å². The van der Waals surface area contributed by atoms with Crippen LogP contribution in [0.3, 0.4) is 0 Å². The minimum Gasteiger partial charge on any atom is -0.480 e. The molecule has 0 aliphatic carbocycles. The zero-order valence-corrected chi connectivity index (χ0v) is 11.1. The minimum absolute atomic E-state index is 0.0516. The van der Waals surface area contributed by atoms with Crippen molar-refractivity contribution in [2.75, 3.05) is 4.90 Å². The van der Waals surface area contributed by atoms with Gasteiger partial charge in [0.25, 0.3) is 0 Å². The van der Waals surface area contributed by atoms with Gasteiger partial charge in [0.05, 0.1) is 10.9 Å². The lowest BCUT2D eigenvalue weighted by Gasteiger charge is -2.15. The lowest BCUT2D eigenvalue weighted by atomic mass is 10.3. The van der Waals surface area contributed by atoms with Crippen LogP contribution < -0.4 is 4.90 Å². The average Bonchev–Trinajstić information content (AvgIpc) is 2.65. The van der Waals surface area contributed by atoms with Gasteiger partial charge in [0, 0.05) is 6.42 Å². The number of para-hydroxylation sites is 1. The fourth-order valence-electron chi connectivity index (χ4n) is 1.86. The van der Waals surface area contributed by atoms with Gasteiger partial charge in [-0.25, -0.2) is 4.90 Å². The van der Waals surface area contributed by atoms with Gasteiger partial charge in [-0.15, -0.1) is 11.8 Å². The summed E-state index contributed by atoms with van der Waals surface area (Å²) in [4.78, 5) is 36.0. The summed E-state index contributed by atoms with van der Waals surface area (Å²) in [5.41, 5.74) is 0.531. The maximum atomic E-state index is 12.2. The van der Waals surface area contributed by atoms with E-state index in [0.717, 1.165) is 16.7 Å². The Labute approximate surface area is 114 Å². The van der Waals surface area contributed by atoms with Gasteiger partial charge >= 0.3 is 5.97 Å². The molecule has 0 spiro atoms. The number of anilines is 1. The van der Waals surface area contributed by atoms with E-state index in [-0.39, 0.29) is 18.2 Å². The normalized spacial score (nSPS) is 20.7. The van der Waals surface area contributed by atoms with Crippen LogP contribution in [0.15, 0.2) is 30.3 Å². The van der Waals surface area contributed by atoms with E-state index in [0.29, 0.717) is 5.69 Å². The second-order valence-corrected chi connectivity index (χ2v) is 5.76. The Morgan fingerprint density at radius 1 is 1.37 bits per heavy atom. The molecule has 0 aromatic heterocycles. The van der Waals surface area contributed by atoms with E-state index >= 15 is 0 Å². The molecule has 0 radical (unpaired) electrons. The summed E-state index contributed by atoms with van der Waals surface area (Å²) in [5.74, 6) is -1.61. The summed E-state index contributed by atoms with van der Waals surface area (Å²) in [5, 5.41) is 7.52. The van der Waals surface area contributed by atoms with Crippen LogP contribution in [0.25, 0.3) is 0 Å². The third-order valence-corrected chi connectivity index (χ3v) is 4.14. The number of carbonyl (C=O) groups excluding carboxylic acids is 2. The van der Waals surface area contributed by atoms with Crippen molar-refractivity contribution in [1.82, 2.24) is 0 Å². The second-order valence-electron chi connectivity index (χ2n) is 4.21. The Balaban J connectivity index is 2.15. The van der Waals surface area contributed by atoms with Gasteiger partial charge in [-0.1, -0.05) is 18.2 Å². The predicted molar refractivity (Wildman–Crippen MR) is 72.0 cm³/mol. The number of aliphatic carboxylic acids is 1. The maximum Gasteiger partial charge on any atom is 0.316 e. The summed E-state index contributed by atoms with van der Waals surface area (Å²) >= 11 is 1.01. The smallest absolute Gasteiger partial charge is 0.316 e. The Bertz CT molecular complexity index is 517. The standard InChI is InChI=1S/C13H13NO4S/c1-8(13(17)18)19-10-7-11(15)14(12(10)16)9-5-3-2-4-6-9/h2-6,8,10H,7H2,1H3,(H,17,18)/t8-,10-/m1/s1. The molecule has 100 valence electrons. The van der Waals surface area contributed by atoms with Crippen LogP contribution in [0, 0.1) is 0 Å². The van der Waals surface area contributed by atoms with Crippen molar-refractivity contribution >= 4 is 35.2 Å². The van der Waals surface area contributed by atoms with Crippen molar-refractivity contribution < 1.29 is 19.5 Å². The Morgan fingerprint density at radius 2 is 2.00 bits per heavy atom. The van der Waals surface area contributed by atoms with Crippen molar-refractivity contribution in [2.24, 2.45) is 0 Å². The lowest BCUT2D eigenvalue weighted by Crippen LogP contribution is -2.31. The molecule has 0 bridgehead atoms. The minimum atomic E-state index is -0.983. The van der Waals surface area contributed by atoms with Crippen LogP contribution in [0.2, 0.25) is 0 Å². The van der Waals surface area contributed by atoms with Crippen LogP contribution in [-0.2, 0) is 14.4 Å². The van der Waals surface area contributed by atoms with Crippen molar-refractivity contribution in [3.05, 3.63) is 30.3 Å². The number of amides is 2. The summed E-state index contributed by atoms with van der Waals surface area (Å²) in [6, 6.07) is 8.66. The van der Waals surface area contributed by atoms with Crippen LogP contribution in [-0.4, -0.2) is 33.4 Å². The molecule has 2 atom stereocenters. The number of imide groups is 1. The first-order chi connectivity index (χ1) is 9.00. The van der Waals surface area contributed by atoms with Crippen molar-refractivity contribution in [1.29, 1.82) is 0 Å². The molecule has 19 heavy (non-hydrogen) atoms. The summed E-state index contributed by atoms with van der Waals surface area (Å²) in [6.45, 7) is 1.51. The molecular formula is C13H13NO4S. The third-order valence-electron chi connectivity index (χ3n) is 2.84. The molecule has 1 N–H and O–H groups in total. The fourth-order valence-corrected chi connectivity index (χ4v) is 2.93. The maximum absolute atomic E-state index is 12.2. The first kappa shape index (κ1) is 13.6. The van der Waals surface area contributed by atoms with Gasteiger partial charge in [0.2, 0.25) is 11.8 Å². The average molecular weight is 279 g/mol. The first-order valence-corrected chi connectivity index (χ1v) is 6.75. The molecule has 1 saturated heterocycles. The highest BCUT2D eigenvalue weighted by Gasteiger charge is 2.41. The highest BCUT2D eigenvalue weighted by Crippen LogP contribution is 2.31. The van der Waals surface area contributed by atoms with E-state index in [1.165, 1.54) is 6.92 Å². The van der Waals surface area contributed by atoms with Gasteiger partial charge in [0.15, 0.2) is 0 Å². The SMILES string of the molecule is C[C@@H](S[C@@H]1CC(=O)N(c2ccccc2)C1=O)C(=O)O. The summed E-state index contributed by atoms with van der Waals surface area (Å²) < 4.78 is 0. The molecule has 2 amide bonds. The molecule has 1 aromatic rings. The van der Waals surface area contributed by atoms with E-state index in [1.54, 1.807) is 30.3 Å². The van der Waals surface area contributed by atoms with Crippen LogP contribution in [0.1, 0.15) is 13.3 Å². The lowest BCUT2D eigenvalue weighted by molar-refractivity contribution is -0.136. The molecule has 5 nitrogen and oxygen atoms in total. The third kappa shape index (κ3) is 2.78. The monoisotopic (exact) mass is 279 g/mol. The van der Waals surface area contributed by atoms with Crippen LogP contribution in [0.5, 0.6) is 0 Å². The summed E-state index contributed by atoms with van der Waals surface area (Å²) in [6.07, 6.45) is 0.0516. The molecule has 2 rings (SSSR count). The molecule has 1 aliphatic rings. The zero-order valence-electron chi connectivity index (χ0n) is 10.3. The Kier molecular flexibility index (Phi) is 3.90. The van der Waals surface area contributed by atoms with Gasteiger partial charge in [0.1, 0.15) is 5.25 Å². The highest BCUT2D eigenvalue weighted by atomic mass is 32.2. The Morgan fingerprint density at radius 3 is 2.58 bits per heavy atom. The number of hydrogen-bond donors (Lipinski definition) is 1. The van der Waals surface area contributed by atoms with Gasteiger partial charge in [-0.3, -0.25) is 14.4 Å². The number of benzene rings is 1. The highest BCUT2D eigenvalue weighted by molar-refractivity contribution is 8.01. The molecule has 6 heteroatoms. The number of carboxylic acids is 1. The van der Waals surface area contributed by atoms with Crippen LogP contribution in [0.4, 0.5) is 5.69 Å². The van der Waals surface area contributed by atoms with Gasteiger partial charge in [-0.2, -0.15) is 0 Å². The molecule has 1 aliphatic heterocycles. The van der Waals surface area contributed by atoms with Crippen LogP contribution >= 0.6 is 11.8 Å². The number of thioether (sulfide) groups is 1. The van der Waals surface area contributed by atoms with E-state index < -0.39 is 16.5 Å². The number of rotatable bonds is 4. The molecular weight excluding hydrogens is 266 g/mol. The summed E-state index contributed by atoms with van der Waals surface area (Å²) in [7, 11) is 0.